The molecule has 0 amide bonds. The number of methoxy groups -OCH3 is 1. The first-order chi connectivity index (χ1) is 14.7. The van der Waals surface area contributed by atoms with Crippen LogP contribution in [0.1, 0.15) is 44.2 Å². The van der Waals surface area contributed by atoms with E-state index < -0.39 is 6.29 Å². The normalized spacial score (nSPS) is 17.2. The Labute approximate surface area is 179 Å². The zero-order chi connectivity index (χ0) is 21.2. The van der Waals surface area contributed by atoms with Crippen LogP contribution in [0.25, 0.3) is 11.6 Å². The third kappa shape index (κ3) is 6.08. The van der Waals surface area contributed by atoms with E-state index in [0.29, 0.717) is 13.2 Å². The molecule has 0 radical (unpaired) electrons. The number of para-hydroxylation sites is 1. The molecule has 30 heavy (non-hydrogen) atoms. The van der Waals surface area contributed by atoms with Crippen LogP contribution in [0.2, 0.25) is 0 Å². The van der Waals surface area contributed by atoms with Gasteiger partial charge in [-0.15, -0.1) is 0 Å². The Balaban J connectivity index is 1.97. The third-order valence-corrected chi connectivity index (χ3v) is 4.94. The Bertz CT molecular complexity index is 787. The number of hydrogen-bond donors (Lipinski definition) is 0. The van der Waals surface area contributed by atoms with Crippen molar-refractivity contribution < 1.29 is 23.7 Å². The van der Waals surface area contributed by atoms with Crippen molar-refractivity contribution in [1.29, 1.82) is 0 Å². The first kappa shape index (κ1) is 22.3. The van der Waals surface area contributed by atoms with Gasteiger partial charge in [-0.25, -0.2) is 0 Å². The highest BCUT2D eigenvalue weighted by molar-refractivity contribution is 5.84. The summed E-state index contributed by atoms with van der Waals surface area (Å²) >= 11 is 0. The summed E-state index contributed by atoms with van der Waals surface area (Å²) in [5, 5.41) is 0. The zero-order valence-electron chi connectivity index (χ0n) is 18.1. The molecule has 2 aromatic rings. The van der Waals surface area contributed by atoms with Gasteiger partial charge < -0.3 is 23.7 Å². The van der Waals surface area contributed by atoms with E-state index in [-0.39, 0.29) is 6.29 Å². The molecule has 1 saturated heterocycles. The van der Waals surface area contributed by atoms with Crippen LogP contribution in [0.15, 0.2) is 48.5 Å². The molecule has 5 nitrogen and oxygen atoms in total. The summed E-state index contributed by atoms with van der Waals surface area (Å²) < 4.78 is 29.1. The molecule has 0 aromatic heterocycles. The van der Waals surface area contributed by atoms with Gasteiger partial charge >= 0.3 is 0 Å². The van der Waals surface area contributed by atoms with Crippen molar-refractivity contribution in [3.63, 3.8) is 0 Å². The predicted octanol–water partition coefficient (Wildman–Crippen LogP) is 5.54. The average Bonchev–Trinajstić information content (AvgIpc) is 2.79. The molecule has 2 aromatic carbocycles. The molecule has 0 N–H and O–H groups in total. The fourth-order valence-electron chi connectivity index (χ4n) is 3.42. The molecule has 0 aliphatic carbocycles. The quantitative estimate of drug-likeness (QED) is 0.379. The molecule has 1 aliphatic heterocycles. The second kappa shape index (κ2) is 11.7. The molecule has 0 spiro atoms. The van der Waals surface area contributed by atoms with Crippen molar-refractivity contribution in [3.05, 3.63) is 59.7 Å². The Kier molecular flexibility index (Phi) is 8.75. The maximum Gasteiger partial charge on any atom is 0.199 e. The van der Waals surface area contributed by atoms with E-state index in [0.717, 1.165) is 54.1 Å². The summed E-state index contributed by atoms with van der Waals surface area (Å²) in [4.78, 5) is 0. The van der Waals surface area contributed by atoms with E-state index in [1.54, 1.807) is 7.11 Å². The van der Waals surface area contributed by atoms with E-state index in [1.165, 1.54) is 0 Å². The van der Waals surface area contributed by atoms with E-state index in [4.69, 9.17) is 23.7 Å². The van der Waals surface area contributed by atoms with Gasteiger partial charge in [0.2, 0.25) is 0 Å². The maximum absolute atomic E-state index is 6.19. The number of benzene rings is 2. The van der Waals surface area contributed by atoms with Crippen LogP contribution in [-0.4, -0.2) is 39.5 Å². The van der Waals surface area contributed by atoms with Crippen molar-refractivity contribution in [2.45, 2.75) is 45.7 Å². The number of rotatable bonds is 10. The zero-order valence-corrected chi connectivity index (χ0v) is 18.1. The molecule has 1 atom stereocenters. The molecule has 1 unspecified atom stereocenters. The largest absolute Gasteiger partial charge is 0.497 e. The standard InChI is InChI=1S/C25H32O5/c1-4-27-25(28-5-2)22(19-13-15-21(26-3)16-14-19)18-20-10-6-7-11-23(20)30-24-12-8-9-17-29-24/h6-7,10-11,13-16,18,24-25H,4-5,8-9,12,17H2,1-3H3/b22-18-. The molecule has 0 bridgehead atoms. The average molecular weight is 413 g/mol. The number of ether oxygens (including phenoxy) is 5. The second-order valence-corrected chi connectivity index (χ2v) is 7.02. The Hall–Kier alpha value is -2.34. The molecule has 0 saturated carbocycles. The summed E-state index contributed by atoms with van der Waals surface area (Å²) in [7, 11) is 1.66. The van der Waals surface area contributed by atoms with Crippen LogP contribution >= 0.6 is 0 Å². The summed E-state index contributed by atoms with van der Waals surface area (Å²) in [6.45, 7) is 5.78. The summed E-state index contributed by atoms with van der Waals surface area (Å²) in [6, 6.07) is 15.9. The van der Waals surface area contributed by atoms with Crippen molar-refractivity contribution in [2.24, 2.45) is 0 Å². The van der Waals surface area contributed by atoms with Crippen LogP contribution in [0.5, 0.6) is 11.5 Å². The molecular weight excluding hydrogens is 380 g/mol. The van der Waals surface area contributed by atoms with Gasteiger partial charge in [-0.3, -0.25) is 0 Å². The molecule has 1 heterocycles. The van der Waals surface area contributed by atoms with E-state index in [9.17, 15) is 0 Å². The van der Waals surface area contributed by atoms with E-state index in [2.05, 4.69) is 6.08 Å². The Morgan fingerprint density at radius 3 is 2.40 bits per heavy atom. The fraction of sp³-hybridized carbons (Fsp3) is 0.440. The molecule has 3 rings (SSSR count). The summed E-state index contributed by atoms with van der Waals surface area (Å²) in [5.41, 5.74) is 2.90. The predicted molar refractivity (Wildman–Crippen MR) is 119 cm³/mol. The molecule has 5 heteroatoms. The fourth-order valence-corrected chi connectivity index (χ4v) is 3.42. The maximum atomic E-state index is 6.19. The van der Waals surface area contributed by atoms with Gasteiger partial charge in [0, 0.05) is 30.8 Å². The summed E-state index contributed by atoms with van der Waals surface area (Å²) in [6.07, 6.45) is 4.52. The van der Waals surface area contributed by atoms with E-state index >= 15 is 0 Å². The second-order valence-electron chi connectivity index (χ2n) is 7.02. The van der Waals surface area contributed by atoms with E-state index in [1.807, 2.05) is 62.4 Å². The molecule has 162 valence electrons. The lowest BCUT2D eigenvalue weighted by Crippen LogP contribution is -2.25. The Morgan fingerprint density at radius 1 is 1.03 bits per heavy atom. The van der Waals surface area contributed by atoms with Gasteiger partial charge in [0.15, 0.2) is 12.6 Å². The molecule has 1 aliphatic rings. The monoisotopic (exact) mass is 412 g/mol. The minimum Gasteiger partial charge on any atom is -0.497 e. The minimum atomic E-state index is -0.479. The third-order valence-electron chi connectivity index (χ3n) is 4.94. The topological polar surface area (TPSA) is 46.2 Å². The van der Waals surface area contributed by atoms with Crippen LogP contribution in [0, 0.1) is 0 Å². The highest BCUT2D eigenvalue weighted by Crippen LogP contribution is 2.31. The van der Waals surface area contributed by atoms with Crippen LogP contribution in [0.3, 0.4) is 0 Å². The van der Waals surface area contributed by atoms with Crippen LogP contribution < -0.4 is 9.47 Å². The van der Waals surface area contributed by atoms with Crippen molar-refractivity contribution >= 4 is 11.6 Å². The molecule has 1 fully saturated rings. The highest BCUT2D eigenvalue weighted by atomic mass is 16.7. The van der Waals surface area contributed by atoms with Gasteiger partial charge in [0.1, 0.15) is 11.5 Å². The lowest BCUT2D eigenvalue weighted by molar-refractivity contribution is -0.106. The van der Waals surface area contributed by atoms with Crippen molar-refractivity contribution in [1.82, 2.24) is 0 Å². The van der Waals surface area contributed by atoms with Crippen LogP contribution in [-0.2, 0) is 14.2 Å². The van der Waals surface area contributed by atoms with Crippen molar-refractivity contribution in [3.8, 4) is 11.5 Å². The van der Waals surface area contributed by atoms with Crippen LogP contribution in [0.4, 0.5) is 0 Å². The smallest absolute Gasteiger partial charge is 0.199 e. The minimum absolute atomic E-state index is 0.202. The lowest BCUT2D eigenvalue weighted by atomic mass is 10.0. The lowest BCUT2D eigenvalue weighted by Gasteiger charge is -2.25. The van der Waals surface area contributed by atoms with Gasteiger partial charge in [-0.2, -0.15) is 0 Å². The molecular formula is C25H32O5. The van der Waals surface area contributed by atoms with Gasteiger partial charge in [-0.05, 0) is 56.5 Å². The van der Waals surface area contributed by atoms with Gasteiger partial charge in [0.25, 0.3) is 0 Å². The SMILES string of the molecule is CCOC(OCC)/C(=C\c1ccccc1OC1CCCCO1)c1ccc(OC)cc1. The summed E-state index contributed by atoms with van der Waals surface area (Å²) in [5.74, 6) is 1.60. The van der Waals surface area contributed by atoms with Gasteiger partial charge in [0.05, 0.1) is 13.7 Å². The van der Waals surface area contributed by atoms with Gasteiger partial charge in [-0.1, -0.05) is 30.3 Å². The first-order valence-electron chi connectivity index (χ1n) is 10.7. The number of hydrogen-bond acceptors (Lipinski definition) is 5. The van der Waals surface area contributed by atoms with Crippen molar-refractivity contribution in [2.75, 3.05) is 26.9 Å². The first-order valence-corrected chi connectivity index (χ1v) is 10.7. The Morgan fingerprint density at radius 2 is 1.77 bits per heavy atom. The highest BCUT2D eigenvalue weighted by Gasteiger charge is 2.20.